The van der Waals surface area contributed by atoms with E-state index in [-0.39, 0.29) is 12.0 Å². The van der Waals surface area contributed by atoms with Crippen LogP contribution in [0.3, 0.4) is 0 Å². The Bertz CT molecular complexity index is 819. The molecule has 0 N–H and O–H groups in total. The molecule has 5 nitrogen and oxygen atoms in total. The second-order valence-corrected chi connectivity index (χ2v) is 10.1. The first-order valence-corrected chi connectivity index (χ1v) is 11.3. The maximum Gasteiger partial charge on any atom is 0.329 e. The van der Waals surface area contributed by atoms with Gasteiger partial charge in [0.05, 0.1) is 11.1 Å². The molecule has 1 heterocycles. The van der Waals surface area contributed by atoms with Gasteiger partial charge in [0.1, 0.15) is 12.1 Å². The Balaban J connectivity index is 1.85. The van der Waals surface area contributed by atoms with Gasteiger partial charge in [-0.2, -0.15) is 0 Å². The zero-order valence-electron chi connectivity index (χ0n) is 17.8. The number of carbonyl (C=O) groups is 3. The van der Waals surface area contributed by atoms with E-state index in [4.69, 9.17) is 4.74 Å². The standard InChI is InChI=1S/C23H30BrNO4/c1-12(2)16-8-6-14(5)10-19(16)29-23(28)20(13(3)4)25-21(26)17-9-7-15(24)11-18(17)22(25)27/h7,9,11-14,16,19-20H,6,8,10H2,1-5H3. The van der Waals surface area contributed by atoms with Gasteiger partial charge in [0.25, 0.3) is 11.8 Å². The van der Waals surface area contributed by atoms with Crippen molar-refractivity contribution in [3.63, 3.8) is 0 Å². The van der Waals surface area contributed by atoms with E-state index in [1.165, 1.54) is 0 Å². The molecule has 0 saturated heterocycles. The summed E-state index contributed by atoms with van der Waals surface area (Å²) in [5, 5.41) is 0. The molecule has 1 aromatic carbocycles. The monoisotopic (exact) mass is 463 g/mol. The third kappa shape index (κ3) is 4.27. The van der Waals surface area contributed by atoms with Crippen molar-refractivity contribution in [2.45, 2.75) is 66.0 Å². The zero-order valence-corrected chi connectivity index (χ0v) is 19.4. The van der Waals surface area contributed by atoms with E-state index in [2.05, 4.69) is 36.7 Å². The predicted molar refractivity (Wildman–Crippen MR) is 114 cm³/mol. The van der Waals surface area contributed by atoms with Crippen molar-refractivity contribution in [2.75, 3.05) is 0 Å². The van der Waals surface area contributed by atoms with Gasteiger partial charge in [-0.3, -0.25) is 14.5 Å². The maximum absolute atomic E-state index is 13.2. The maximum atomic E-state index is 13.2. The van der Waals surface area contributed by atoms with Crippen molar-refractivity contribution in [1.29, 1.82) is 0 Å². The summed E-state index contributed by atoms with van der Waals surface area (Å²) in [5.74, 6) is -0.359. The average Bonchev–Trinajstić information content (AvgIpc) is 2.86. The highest BCUT2D eigenvalue weighted by atomic mass is 79.9. The lowest BCUT2D eigenvalue weighted by molar-refractivity contribution is -0.162. The summed E-state index contributed by atoms with van der Waals surface area (Å²) >= 11 is 3.34. The number of hydrogen-bond donors (Lipinski definition) is 0. The topological polar surface area (TPSA) is 63.7 Å². The molecule has 1 aromatic rings. The summed E-state index contributed by atoms with van der Waals surface area (Å²) in [6.07, 6.45) is 2.83. The lowest BCUT2D eigenvalue weighted by atomic mass is 9.75. The van der Waals surface area contributed by atoms with Gasteiger partial charge in [0, 0.05) is 4.47 Å². The second kappa shape index (κ2) is 8.58. The predicted octanol–water partition coefficient (Wildman–Crippen LogP) is 5.07. The fraction of sp³-hybridized carbons (Fsp3) is 0.609. The molecule has 2 amide bonds. The summed E-state index contributed by atoms with van der Waals surface area (Å²) in [5.41, 5.74) is 0.664. The van der Waals surface area contributed by atoms with Crippen LogP contribution in [0.1, 0.15) is 74.6 Å². The van der Waals surface area contributed by atoms with Crippen LogP contribution in [0.5, 0.6) is 0 Å². The highest BCUT2D eigenvalue weighted by Crippen LogP contribution is 2.36. The van der Waals surface area contributed by atoms with E-state index < -0.39 is 23.8 Å². The molecule has 1 aliphatic carbocycles. The molecule has 0 radical (unpaired) electrons. The molecule has 1 saturated carbocycles. The number of ether oxygens (including phenoxy) is 1. The molecule has 29 heavy (non-hydrogen) atoms. The Labute approximate surface area is 181 Å². The van der Waals surface area contributed by atoms with E-state index in [1.807, 2.05) is 13.8 Å². The number of fused-ring (bicyclic) bond motifs is 1. The summed E-state index contributed by atoms with van der Waals surface area (Å²) in [7, 11) is 0. The zero-order chi connectivity index (χ0) is 21.5. The largest absolute Gasteiger partial charge is 0.461 e. The van der Waals surface area contributed by atoms with Gasteiger partial charge in [-0.1, -0.05) is 57.0 Å². The van der Waals surface area contributed by atoms with Crippen LogP contribution in [0.4, 0.5) is 0 Å². The fourth-order valence-corrected chi connectivity index (χ4v) is 4.99. The van der Waals surface area contributed by atoms with Crippen molar-refractivity contribution in [1.82, 2.24) is 4.90 Å². The van der Waals surface area contributed by atoms with Gasteiger partial charge in [-0.15, -0.1) is 0 Å². The number of carbonyl (C=O) groups excluding carboxylic acids is 3. The number of hydrogen-bond acceptors (Lipinski definition) is 4. The molecule has 6 heteroatoms. The smallest absolute Gasteiger partial charge is 0.329 e. The van der Waals surface area contributed by atoms with Crippen molar-refractivity contribution in [3.8, 4) is 0 Å². The third-order valence-corrected chi connectivity index (χ3v) is 6.75. The number of nitrogens with zero attached hydrogens (tertiary/aromatic N) is 1. The summed E-state index contributed by atoms with van der Waals surface area (Å²) in [6.45, 7) is 10.2. The molecule has 158 valence electrons. The first-order chi connectivity index (χ1) is 13.6. The van der Waals surface area contributed by atoms with E-state index in [1.54, 1.807) is 18.2 Å². The van der Waals surface area contributed by atoms with Crippen molar-refractivity contribution in [3.05, 3.63) is 33.8 Å². The molecule has 1 aliphatic heterocycles. The summed E-state index contributed by atoms with van der Waals surface area (Å²) < 4.78 is 6.72. The fourth-order valence-electron chi connectivity index (χ4n) is 4.63. The molecule has 0 spiro atoms. The van der Waals surface area contributed by atoms with Crippen LogP contribution in [0.25, 0.3) is 0 Å². The number of imide groups is 1. The van der Waals surface area contributed by atoms with Crippen molar-refractivity contribution >= 4 is 33.7 Å². The van der Waals surface area contributed by atoms with Crippen LogP contribution in [-0.4, -0.2) is 34.8 Å². The Hall–Kier alpha value is -1.69. The van der Waals surface area contributed by atoms with Gasteiger partial charge in [0.15, 0.2) is 0 Å². The van der Waals surface area contributed by atoms with Crippen LogP contribution < -0.4 is 0 Å². The highest BCUT2D eigenvalue weighted by Gasteiger charge is 2.46. The number of amides is 2. The first-order valence-electron chi connectivity index (χ1n) is 10.5. The Morgan fingerprint density at radius 3 is 2.38 bits per heavy atom. The van der Waals surface area contributed by atoms with Crippen LogP contribution in [-0.2, 0) is 9.53 Å². The van der Waals surface area contributed by atoms with Gasteiger partial charge in [-0.25, -0.2) is 4.79 Å². The van der Waals surface area contributed by atoms with Crippen LogP contribution in [0.2, 0.25) is 0 Å². The molecule has 2 aliphatic rings. The lowest BCUT2D eigenvalue weighted by Crippen LogP contribution is -2.50. The first kappa shape index (κ1) is 22.0. The molecule has 4 atom stereocenters. The summed E-state index contributed by atoms with van der Waals surface area (Å²) in [6, 6.07) is 4.06. The van der Waals surface area contributed by atoms with Crippen molar-refractivity contribution < 1.29 is 19.1 Å². The van der Waals surface area contributed by atoms with Crippen molar-refractivity contribution in [2.24, 2.45) is 23.7 Å². The van der Waals surface area contributed by atoms with Gasteiger partial charge in [-0.05, 0) is 54.7 Å². The minimum atomic E-state index is -0.925. The number of benzene rings is 1. The molecule has 0 aromatic heterocycles. The normalized spacial score (nSPS) is 25.5. The molecule has 3 rings (SSSR count). The Morgan fingerprint density at radius 1 is 1.10 bits per heavy atom. The summed E-state index contributed by atoms with van der Waals surface area (Å²) in [4.78, 5) is 40.3. The lowest BCUT2D eigenvalue weighted by Gasteiger charge is -2.38. The minimum absolute atomic E-state index is 0.170. The van der Waals surface area contributed by atoms with Gasteiger partial charge in [0.2, 0.25) is 0 Å². The molecular weight excluding hydrogens is 434 g/mol. The van der Waals surface area contributed by atoms with E-state index >= 15 is 0 Å². The van der Waals surface area contributed by atoms with Crippen LogP contribution in [0, 0.1) is 23.7 Å². The van der Waals surface area contributed by atoms with Crippen LogP contribution >= 0.6 is 15.9 Å². The highest BCUT2D eigenvalue weighted by molar-refractivity contribution is 9.10. The SMILES string of the molecule is CC1CCC(C(C)C)C(OC(=O)C(C(C)C)N2C(=O)c3ccc(Br)cc3C2=O)C1. The Morgan fingerprint density at radius 2 is 1.76 bits per heavy atom. The van der Waals surface area contributed by atoms with E-state index in [9.17, 15) is 14.4 Å². The molecule has 0 bridgehead atoms. The van der Waals surface area contributed by atoms with E-state index in [0.29, 0.717) is 28.9 Å². The van der Waals surface area contributed by atoms with E-state index in [0.717, 1.165) is 28.6 Å². The second-order valence-electron chi connectivity index (χ2n) is 9.16. The Kier molecular flexibility index (Phi) is 6.51. The molecule has 4 unspecified atom stereocenters. The third-order valence-electron chi connectivity index (χ3n) is 6.26. The average molecular weight is 464 g/mol. The molecular formula is C23H30BrNO4. The number of halogens is 1. The molecule has 1 fully saturated rings. The van der Waals surface area contributed by atoms with Crippen LogP contribution in [0.15, 0.2) is 22.7 Å². The minimum Gasteiger partial charge on any atom is -0.461 e. The quantitative estimate of drug-likeness (QED) is 0.451. The number of rotatable bonds is 5. The van der Waals surface area contributed by atoms with Gasteiger partial charge >= 0.3 is 5.97 Å². The number of esters is 1. The van der Waals surface area contributed by atoms with Gasteiger partial charge < -0.3 is 4.74 Å².